The number of nitrogens with zero attached hydrogens (tertiary/aromatic N) is 1. The Hall–Kier alpha value is -3.35. The zero-order chi connectivity index (χ0) is 31.3. The Morgan fingerprint density at radius 1 is 0.905 bits per heavy atom. The highest BCUT2D eigenvalue weighted by atomic mass is 16.6. The van der Waals surface area contributed by atoms with Crippen molar-refractivity contribution in [2.45, 2.75) is 124 Å². The van der Waals surface area contributed by atoms with Crippen molar-refractivity contribution in [1.29, 1.82) is 0 Å². The van der Waals surface area contributed by atoms with E-state index in [2.05, 4.69) is 24.5 Å². The first kappa shape index (κ1) is 34.8. The number of hydrogen-bond acceptors (Lipinski definition) is 4. The largest absolute Gasteiger partial charge is 0.444 e. The molecule has 2 N–H and O–H groups in total. The molecule has 0 aliphatic rings. The smallest absolute Gasteiger partial charge is 0.408 e. The third-order valence-corrected chi connectivity index (χ3v) is 7.21. The average Bonchev–Trinajstić information content (AvgIpc) is 2.91. The predicted molar refractivity (Wildman–Crippen MR) is 170 cm³/mol. The van der Waals surface area contributed by atoms with Gasteiger partial charge in [-0.15, -0.1) is 0 Å². The number of carbonyl (C=O) groups excluding carboxylic acids is 3. The molecule has 0 spiro atoms. The molecule has 232 valence electrons. The molecule has 0 saturated carbocycles. The van der Waals surface area contributed by atoms with Crippen LogP contribution in [-0.2, 0) is 20.7 Å². The van der Waals surface area contributed by atoms with E-state index >= 15 is 0 Å². The molecule has 0 saturated heterocycles. The van der Waals surface area contributed by atoms with Crippen molar-refractivity contribution in [1.82, 2.24) is 15.5 Å². The summed E-state index contributed by atoms with van der Waals surface area (Å²) in [6.45, 7) is 16.0. The molecule has 0 fully saturated rings. The summed E-state index contributed by atoms with van der Waals surface area (Å²) in [5, 5.41) is 6.03. The molecule has 0 aliphatic carbocycles. The van der Waals surface area contributed by atoms with E-state index in [0.717, 1.165) is 60.8 Å². The maximum Gasteiger partial charge on any atom is 0.408 e. The molecule has 7 nitrogen and oxygen atoms in total. The van der Waals surface area contributed by atoms with Crippen molar-refractivity contribution >= 4 is 17.9 Å². The summed E-state index contributed by atoms with van der Waals surface area (Å²) in [4.78, 5) is 43.4. The summed E-state index contributed by atoms with van der Waals surface area (Å²) in [7, 11) is 0. The molecular formula is C35H53N3O4. The summed E-state index contributed by atoms with van der Waals surface area (Å²) in [6, 6.07) is 13.8. The molecule has 0 aromatic heterocycles. The zero-order valence-corrected chi connectivity index (χ0v) is 27.1. The number of hydrogen-bond donors (Lipinski definition) is 2. The van der Waals surface area contributed by atoms with E-state index < -0.39 is 23.8 Å². The van der Waals surface area contributed by atoms with E-state index in [0.29, 0.717) is 6.54 Å². The molecule has 0 heterocycles. The highest BCUT2D eigenvalue weighted by Crippen LogP contribution is 2.28. The lowest BCUT2D eigenvalue weighted by atomic mass is 9.94. The fourth-order valence-electron chi connectivity index (χ4n) is 5.11. The molecule has 2 aromatic carbocycles. The molecule has 3 amide bonds. The number of rotatable bonds is 15. The highest BCUT2D eigenvalue weighted by Gasteiger charge is 2.37. The minimum absolute atomic E-state index is 0.0350. The van der Waals surface area contributed by atoms with Gasteiger partial charge >= 0.3 is 6.09 Å². The highest BCUT2D eigenvalue weighted by molar-refractivity contribution is 5.92. The summed E-state index contributed by atoms with van der Waals surface area (Å²) >= 11 is 0. The second-order valence-electron chi connectivity index (χ2n) is 12.4. The number of carbonyl (C=O) groups is 3. The van der Waals surface area contributed by atoms with Gasteiger partial charge in [0.25, 0.3) is 0 Å². The zero-order valence-electron chi connectivity index (χ0n) is 27.1. The minimum Gasteiger partial charge on any atom is -0.444 e. The Morgan fingerprint density at radius 2 is 1.60 bits per heavy atom. The van der Waals surface area contributed by atoms with Gasteiger partial charge in [0.05, 0.1) is 0 Å². The van der Waals surface area contributed by atoms with E-state index in [4.69, 9.17) is 4.74 Å². The van der Waals surface area contributed by atoms with Crippen LogP contribution in [0, 0.1) is 13.8 Å². The van der Waals surface area contributed by atoms with Gasteiger partial charge in [-0.3, -0.25) is 9.59 Å². The van der Waals surface area contributed by atoms with Crippen LogP contribution in [0.25, 0.3) is 0 Å². The van der Waals surface area contributed by atoms with E-state index in [1.165, 1.54) is 0 Å². The number of benzene rings is 2. The second-order valence-corrected chi connectivity index (χ2v) is 12.4. The third-order valence-electron chi connectivity index (χ3n) is 7.21. The van der Waals surface area contributed by atoms with Crippen molar-refractivity contribution in [2.75, 3.05) is 6.54 Å². The van der Waals surface area contributed by atoms with Gasteiger partial charge in [0, 0.05) is 19.0 Å². The topological polar surface area (TPSA) is 87.7 Å². The SMILES string of the molecule is CCCCCCN(C(=O)C(Cc1ccccc1)NC(=O)OC(C)(C)C)C(C(=O)NC(C)CCC)c1cc(C)ccc1C. The molecule has 7 heteroatoms. The van der Waals surface area contributed by atoms with Crippen LogP contribution in [0.3, 0.4) is 0 Å². The third kappa shape index (κ3) is 11.5. The second kappa shape index (κ2) is 16.9. The summed E-state index contributed by atoms with van der Waals surface area (Å²) in [6.07, 6.45) is 5.19. The Kier molecular flexibility index (Phi) is 14.1. The van der Waals surface area contributed by atoms with Crippen LogP contribution in [0.5, 0.6) is 0 Å². The summed E-state index contributed by atoms with van der Waals surface area (Å²) in [5.41, 5.74) is 2.94. The normalized spacial score (nSPS) is 13.5. The van der Waals surface area contributed by atoms with E-state index in [9.17, 15) is 14.4 Å². The monoisotopic (exact) mass is 579 g/mol. The van der Waals surface area contributed by atoms with Crippen molar-refractivity contribution in [2.24, 2.45) is 0 Å². The predicted octanol–water partition coefficient (Wildman–Crippen LogP) is 7.19. The van der Waals surface area contributed by atoms with Crippen molar-refractivity contribution < 1.29 is 19.1 Å². The number of aryl methyl sites for hydroxylation is 2. The molecule has 42 heavy (non-hydrogen) atoms. The maximum atomic E-state index is 14.6. The lowest BCUT2D eigenvalue weighted by Gasteiger charge is -2.36. The van der Waals surface area contributed by atoms with Crippen molar-refractivity contribution in [3.05, 3.63) is 70.8 Å². The standard InChI is InChI=1S/C35H53N3O4/c1-9-11-12-16-22-38(31(32(39)36-27(5)17-10-2)29-23-25(3)20-21-26(29)4)33(40)30(24-28-18-14-13-15-19-28)37-34(41)42-35(6,7)8/h13-15,18-21,23,27,30-31H,9-12,16-17,22,24H2,1-8H3,(H,36,39)(H,37,41). The molecule has 0 radical (unpaired) electrons. The van der Waals surface area contributed by atoms with Crippen LogP contribution in [0.1, 0.15) is 108 Å². The summed E-state index contributed by atoms with van der Waals surface area (Å²) in [5.74, 6) is -0.505. The van der Waals surface area contributed by atoms with E-state index in [1.54, 1.807) is 25.7 Å². The van der Waals surface area contributed by atoms with Gasteiger partial charge in [0.1, 0.15) is 17.7 Å². The fourth-order valence-corrected chi connectivity index (χ4v) is 5.11. The number of amides is 3. The van der Waals surface area contributed by atoms with Crippen molar-refractivity contribution in [3.63, 3.8) is 0 Å². The number of unbranched alkanes of at least 4 members (excludes halogenated alkanes) is 3. The Bertz CT molecular complexity index is 1140. The Balaban J connectivity index is 2.61. The van der Waals surface area contributed by atoms with Gasteiger partial charge < -0.3 is 20.3 Å². The molecule has 0 bridgehead atoms. The first-order valence-corrected chi connectivity index (χ1v) is 15.6. The van der Waals surface area contributed by atoms with Crippen LogP contribution in [0.15, 0.2) is 48.5 Å². The van der Waals surface area contributed by atoms with Gasteiger partial charge in [0.15, 0.2) is 0 Å². The van der Waals surface area contributed by atoms with Gasteiger partial charge in [-0.2, -0.15) is 0 Å². The van der Waals surface area contributed by atoms with Gasteiger partial charge in [-0.05, 0) is 71.1 Å². The molecule has 2 rings (SSSR count). The molecular weight excluding hydrogens is 526 g/mol. The number of nitrogens with one attached hydrogen (secondary N) is 2. The summed E-state index contributed by atoms with van der Waals surface area (Å²) < 4.78 is 5.56. The minimum atomic E-state index is -0.915. The quantitative estimate of drug-likeness (QED) is 0.219. The number of alkyl carbamates (subject to hydrolysis) is 1. The van der Waals surface area contributed by atoms with Crippen LogP contribution in [-0.4, -0.2) is 47.0 Å². The van der Waals surface area contributed by atoms with Crippen LogP contribution >= 0.6 is 0 Å². The van der Waals surface area contributed by atoms with E-state index in [-0.39, 0.29) is 24.3 Å². The van der Waals surface area contributed by atoms with Gasteiger partial charge in [-0.1, -0.05) is 93.6 Å². The number of ether oxygens (including phenoxy) is 1. The molecule has 2 aromatic rings. The molecule has 3 unspecified atom stereocenters. The molecule has 3 atom stereocenters. The fraction of sp³-hybridized carbons (Fsp3) is 0.571. The Morgan fingerprint density at radius 3 is 2.21 bits per heavy atom. The van der Waals surface area contributed by atoms with Gasteiger partial charge in [-0.25, -0.2) is 4.79 Å². The van der Waals surface area contributed by atoms with Crippen LogP contribution in [0.2, 0.25) is 0 Å². The first-order valence-electron chi connectivity index (χ1n) is 15.6. The molecule has 0 aliphatic heterocycles. The average molecular weight is 580 g/mol. The first-order chi connectivity index (χ1) is 19.9. The van der Waals surface area contributed by atoms with Gasteiger partial charge in [0.2, 0.25) is 11.8 Å². The van der Waals surface area contributed by atoms with Crippen LogP contribution in [0.4, 0.5) is 4.79 Å². The van der Waals surface area contributed by atoms with Crippen LogP contribution < -0.4 is 10.6 Å². The lowest BCUT2D eigenvalue weighted by Crippen LogP contribution is -2.54. The van der Waals surface area contributed by atoms with E-state index in [1.807, 2.05) is 69.3 Å². The maximum absolute atomic E-state index is 14.6. The Labute approximate surface area is 253 Å². The lowest BCUT2D eigenvalue weighted by molar-refractivity contribution is -0.142. The van der Waals surface area contributed by atoms with Crippen molar-refractivity contribution in [3.8, 4) is 0 Å².